The number of nitrogens with zero attached hydrogens (tertiary/aromatic N) is 2. The lowest BCUT2D eigenvalue weighted by Gasteiger charge is -2.31. The number of carbonyl (C=O) groups excluding carboxylic acids is 2. The number of piperidine rings is 1. The number of H-pyrrole nitrogens is 1. The van der Waals surface area contributed by atoms with E-state index in [-0.39, 0.29) is 23.0 Å². The van der Waals surface area contributed by atoms with Crippen molar-refractivity contribution in [3.05, 3.63) is 39.7 Å². The van der Waals surface area contributed by atoms with Crippen LogP contribution in [0.2, 0.25) is 0 Å². The molecule has 1 aliphatic heterocycles. The Bertz CT molecular complexity index is 639. The van der Waals surface area contributed by atoms with Crippen LogP contribution in [0.15, 0.2) is 22.8 Å². The second-order valence-corrected chi connectivity index (χ2v) is 4.74. The number of allylic oxidation sites excluding steroid dienone is 2. The van der Waals surface area contributed by atoms with Gasteiger partial charge in [0.2, 0.25) is 11.6 Å². The van der Waals surface area contributed by atoms with Gasteiger partial charge in [-0.1, -0.05) is 0 Å². The number of nitrogens with one attached hydrogen (secondary N) is 1. The van der Waals surface area contributed by atoms with Gasteiger partial charge in [0.15, 0.2) is 0 Å². The highest BCUT2D eigenvalue weighted by Crippen LogP contribution is 2.22. The van der Waals surface area contributed by atoms with E-state index >= 15 is 0 Å². The maximum absolute atomic E-state index is 12.3. The molecule has 2 heterocycles. The first kappa shape index (κ1) is 11.8. The standard InChI is InChI=1S/C13H13N3O3/c17-9-6-8(16-4-2-1-3-5-16)13(19)12-11(9)15-10(18)7-14-12/h6-7H,1-5H2,(H,15,18). The van der Waals surface area contributed by atoms with Crippen LogP contribution in [0.4, 0.5) is 0 Å². The van der Waals surface area contributed by atoms with Crippen LogP contribution >= 0.6 is 0 Å². The van der Waals surface area contributed by atoms with E-state index in [1.807, 2.05) is 4.90 Å². The summed E-state index contributed by atoms with van der Waals surface area (Å²) in [7, 11) is 0. The van der Waals surface area contributed by atoms with Crippen LogP contribution in [0.1, 0.15) is 40.2 Å². The second kappa shape index (κ2) is 4.46. The van der Waals surface area contributed by atoms with Gasteiger partial charge in [-0.2, -0.15) is 0 Å². The number of fused-ring (bicyclic) bond motifs is 1. The number of ketones is 2. The van der Waals surface area contributed by atoms with Gasteiger partial charge in [0.1, 0.15) is 11.4 Å². The number of Topliss-reactive ketones (excluding diaryl/α,β-unsaturated/α-hetero) is 1. The lowest BCUT2D eigenvalue weighted by Crippen LogP contribution is -2.36. The number of hydrogen-bond acceptors (Lipinski definition) is 5. The van der Waals surface area contributed by atoms with Gasteiger partial charge in [0, 0.05) is 19.2 Å². The zero-order valence-electron chi connectivity index (χ0n) is 10.3. The van der Waals surface area contributed by atoms with Crippen LogP contribution in [0.5, 0.6) is 0 Å². The second-order valence-electron chi connectivity index (χ2n) is 4.74. The van der Waals surface area contributed by atoms with E-state index in [2.05, 4.69) is 9.97 Å². The highest BCUT2D eigenvalue weighted by atomic mass is 16.1. The lowest BCUT2D eigenvalue weighted by molar-refractivity contribution is 0.0936. The van der Waals surface area contributed by atoms with E-state index < -0.39 is 5.56 Å². The molecule has 1 saturated heterocycles. The minimum Gasteiger partial charge on any atom is -0.368 e. The minimum absolute atomic E-state index is 0.00161. The Morgan fingerprint density at radius 1 is 1.11 bits per heavy atom. The molecular weight excluding hydrogens is 246 g/mol. The van der Waals surface area contributed by atoms with Crippen molar-refractivity contribution in [1.82, 2.24) is 14.9 Å². The third kappa shape index (κ3) is 1.99. The topological polar surface area (TPSA) is 83.1 Å². The Morgan fingerprint density at radius 2 is 1.84 bits per heavy atom. The molecule has 3 rings (SSSR count). The molecule has 0 spiro atoms. The van der Waals surface area contributed by atoms with Crippen molar-refractivity contribution < 1.29 is 9.59 Å². The van der Waals surface area contributed by atoms with Gasteiger partial charge in [-0.15, -0.1) is 0 Å². The van der Waals surface area contributed by atoms with E-state index in [9.17, 15) is 14.4 Å². The molecule has 1 aromatic heterocycles. The average Bonchev–Trinajstić information content (AvgIpc) is 2.43. The van der Waals surface area contributed by atoms with E-state index in [4.69, 9.17) is 0 Å². The first-order valence-corrected chi connectivity index (χ1v) is 6.32. The first-order chi connectivity index (χ1) is 9.16. The fourth-order valence-corrected chi connectivity index (χ4v) is 2.51. The third-order valence-electron chi connectivity index (χ3n) is 3.45. The number of hydrogen-bond donors (Lipinski definition) is 1. The van der Waals surface area contributed by atoms with E-state index in [1.165, 1.54) is 6.08 Å². The van der Waals surface area contributed by atoms with Gasteiger partial charge >= 0.3 is 0 Å². The molecule has 6 nitrogen and oxygen atoms in total. The average molecular weight is 259 g/mol. The summed E-state index contributed by atoms with van der Waals surface area (Å²) in [6.45, 7) is 1.56. The summed E-state index contributed by atoms with van der Waals surface area (Å²) in [4.78, 5) is 43.6. The van der Waals surface area contributed by atoms with Gasteiger partial charge in [-0.3, -0.25) is 14.4 Å². The molecule has 0 atom stereocenters. The predicted octanol–water partition coefficient (Wildman–Crippen LogP) is 0.519. The summed E-state index contributed by atoms with van der Waals surface area (Å²) in [6, 6.07) is 0. The number of aromatic amines is 1. The van der Waals surface area contributed by atoms with E-state index in [1.54, 1.807) is 0 Å². The van der Waals surface area contributed by atoms with Crippen molar-refractivity contribution in [2.75, 3.05) is 13.1 Å². The molecule has 0 radical (unpaired) electrons. The SMILES string of the molecule is O=C1C(N2CCCCC2)=CC(=O)c2[nH]c(=O)cnc21. The first-order valence-electron chi connectivity index (χ1n) is 6.32. The highest BCUT2D eigenvalue weighted by Gasteiger charge is 2.31. The van der Waals surface area contributed by atoms with Crippen LogP contribution in [0.25, 0.3) is 0 Å². The van der Waals surface area contributed by atoms with Crippen molar-refractivity contribution in [2.45, 2.75) is 19.3 Å². The third-order valence-corrected chi connectivity index (χ3v) is 3.45. The molecule has 0 amide bonds. The number of aromatic nitrogens is 2. The molecule has 1 aliphatic carbocycles. The summed E-state index contributed by atoms with van der Waals surface area (Å²) in [5.41, 5.74) is -0.0302. The van der Waals surface area contributed by atoms with Crippen molar-refractivity contribution in [2.24, 2.45) is 0 Å². The monoisotopic (exact) mass is 259 g/mol. The molecule has 0 unspecified atom stereocenters. The zero-order valence-corrected chi connectivity index (χ0v) is 10.3. The smallest absolute Gasteiger partial charge is 0.266 e. The number of rotatable bonds is 1. The fourth-order valence-electron chi connectivity index (χ4n) is 2.51. The Balaban J connectivity index is 2.02. The van der Waals surface area contributed by atoms with Crippen LogP contribution < -0.4 is 5.56 Å². The number of likely N-dealkylation sites (tertiary alicyclic amines) is 1. The normalized spacial score (nSPS) is 19.2. The Morgan fingerprint density at radius 3 is 2.58 bits per heavy atom. The molecule has 1 aromatic rings. The molecule has 19 heavy (non-hydrogen) atoms. The zero-order chi connectivity index (χ0) is 13.4. The Hall–Kier alpha value is -2.24. The Labute approximate surface area is 109 Å². The van der Waals surface area contributed by atoms with Gasteiger partial charge < -0.3 is 9.88 Å². The maximum Gasteiger partial charge on any atom is 0.266 e. The molecular formula is C13H13N3O3. The largest absolute Gasteiger partial charge is 0.368 e. The van der Waals surface area contributed by atoms with Crippen molar-refractivity contribution >= 4 is 11.6 Å². The predicted molar refractivity (Wildman–Crippen MR) is 67.0 cm³/mol. The molecule has 0 aromatic carbocycles. The molecule has 1 fully saturated rings. The minimum atomic E-state index is -0.477. The van der Waals surface area contributed by atoms with Crippen LogP contribution in [0.3, 0.4) is 0 Å². The van der Waals surface area contributed by atoms with Gasteiger partial charge in [-0.25, -0.2) is 4.98 Å². The summed E-state index contributed by atoms with van der Waals surface area (Å²) >= 11 is 0. The van der Waals surface area contributed by atoms with Crippen molar-refractivity contribution in [3.8, 4) is 0 Å². The lowest BCUT2D eigenvalue weighted by atomic mass is 9.99. The molecule has 6 heteroatoms. The van der Waals surface area contributed by atoms with Gasteiger partial charge in [-0.05, 0) is 19.3 Å². The Kier molecular flexibility index (Phi) is 2.77. The van der Waals surface area contributed by atoms with E-state index in [0.717, 1.165) is 38.5 Å². The molecule has 0 saturated carbocycles. The molecule has 2 aliphatic rings. The molecule has 98 valence electrons. The van der Waals surface area contributed by atoms with Crippen molar-refractivity contribution in [1.29, 1.82) is 0 Å². The quantitative estimate of drug-likeness (QED) is 0.795. The maximum atomic E-state index is 12.3. The summed E-state index contributed by atoms with van der Waals surface area (Å²) in [5.74, 6) is -0.645. The van der Waals surface area contributed by atoms with Gasteiger partial charge in [0.25, 0.3) is 5.56 Å². The number of carbonyl (C=O) groups is 2. The van der Waals surface area contributed by atoms with Crippen LogP contribution in [-0.4, -0.2) is 39.5 Å². The summed E-state index contributed by atoms with van der Waals surface area (Å²) in [6.07, 6.45) is 5.53. The van der Waals surface area contributed by atoms with Crippen molar-refractivity contribution in [3.63, 3.8) is 0 Å². The van der Waals surface area contributed by atoms with Crippen LogP contribution in [0, 0.1) is 0 Å². The van der Waals surface area contributed by atoms with E-state index in [0.29, 0.717) is 5.70 Å². The summed E-state index contributed by atoms with van der Waals surface area (Å²) in [5, 5.41) is 0. The summed E-state index contributed by atoms with van der Waals surface area (Å²) < 4.78 is 0. The fraction of sp³-hybridized carbons (Fsp3) is 0.385. The molecule has 1 N–H and O–H groups in total. The molecule has 0 bridgehead atoms. The van der Waals surface area contributed by atoms with Crippen LogP contribution in [-0.2, 0) is 0 Å². The highest BCUT2D eigenvalue weighted by molar-refractivity contribution is 6.22. The van der Waals surface area contributed by atoms with Gasteiger partial charge in [0.05, 0.1) is 11.9 Å².